The monoisotopic (exact) mass is 132 g/mol. The number of aliphatic hydroxyl groups is 1. The normalized spacial score (nSPS) is 10.7. The highest BCUT2D eigenvalue weighted by Crippen LogP contribution is 1.81. The number of hydrogen-bond donors (Lipinski definition) is 2. The van der Waals surface area contributed by atoms with Crippen LogP contribution in [0, 0.1) is 5.92 Å². The van der Waals surface area contributed by atoms with Gasteiger partial charge in [0.1, 0.15) is 0 Å². The summed E-state index contributed by atoms with van der Waals surface area (Å²) in [5.74, 6) is 0.767. The maximum Gasteiger partial charge on any atom is 0.0778 e. The van der Waals surface area contributed by atoms with Crippen molar-refractivity contribution in [2.75, 3.05) is 19.7 Å². The van der Waals surface area contributed by atoms with Crippen molar-refractivity contribution in [3.05, 3.63) is 0 Å². The van der Waals surface area contributed by atoms with Crippen molar-refractivity contribution in [2.45, 2.75) is 20.3 Å². The molecule has 0 unspecified atom stereocenters. The third kappa shape index (κ3) is 7.92. The summed E-state index contributed by atoms with van der Waals surface area (Å²) in [4.78, 5) is 0. The Bertz CT molecular complexity index is 54.9. The van der Waals surface area contributed by atoms with E-state index in [1.165, 1.54) is 6.54 Å². The van der Waals surface area contributed by atoms with Gasteiger partial charge in [0, 0.05) is 18.9 Å². The highest BCUT2D eigenvalue weighted by atomic mass is 16.3. The third-order valence-electron chi connectivity index (χ3n) is 1.20. The SMILES string of the molecule is CC(C)C[NH2+]CCCO. The molecule has 0 heterocycles. The van der Waals surface area contributed by atoms with E-state index in [4.69, 9.17) is 5.11 Å². The van der Waals surface area contributed by atoms with Crippen LogP contribution in [0.15, 0.2) is 0 Å². The minimum Gasteiger partial charge on any atom is -0.396 e. The highest BCUT2D eigenvalue weighted by molar-refractivity contribution is 4.34. The summed E-state index contributed by atoms with van der Waals surface area (Å²) in [5.41, 5.74) is 0. The van der Waals surface area contributed by atoms with Gasteiger partial charge in [-0.25, -0.2) is 0 Å². The van der Waals surface area contributed by atoms with Crippen LogP contribution >= 0.6 is 0 Å². The zero-order valence-electron chi connectivity index (χ0n) is 6.43. The van der Waals surface area contributed by atoms with Gasteiger partial charge in [0.25, 0.3) is 0 Å². The van der Waals surface area contributed by atoms with E-state index in [0.717, 1.165) is 18.9 Å². The van der Waals surface area contributed by atoms with Gasteiger partial charge in [-0.2, -0.15) is 0 Å². The summed E-state index contributed by atoms with van der Waals surface area (Å²) in [6.07, 6.45) is 0.923. The molecule has 0 saturated heterocycles. The van der Waals surface area contributed by atoms with Gasteiger partial charge < -0.3 is 10.4 Å². The van der Waals surface area contributed by atoms with Gasteiger partial charge in [-0.1, -0.05) is 13.8 Å². The molecule has 0 aliphatic carbocycles. The molecule has 0 spiro atoms. The zero-order chi connectivity index (χ0) is 7.11. The maximum absolute atomic E-state index is 8.41. The van der Waals surface area contributed by atoms with Crippen molar-refractivity contribution in [1.29, 1.82) is 0 Å². The molecule has 0 aromatic heterocycles. The quantitative estimate of drug-likeness (QED) is 0.490. The van der Waals surface area contributed by atoms with Gasteiger partial charge in [-0.3, -0.25) is 0 Å². The minimum atomic E-state index is 0.328. The van der Waals surface area contributed by atoms with Gasteiger partial charge in [0.2, 0.25) is 0 Å². The predicted octanol–water partition coefficient (Wildman–Crippen LogP) is -0.412. The molecule has 2 nitrogen and oxygen atoms in total. The van der Waals surface area contributed by atoms with Crippen LogP contribution in [-0.4, -0.2) is 24.8 Å². The fourth-order valence-corrected chi connectivity index (χ4v) is 0.687. The van der Waals surface area contributed by atoms with Crippen LogP contribution in [0.5, 0.6) is 0 Å². The minimum absolute atomic E-state index is 0.328. The molecule has 56 valence electrons. The van der Waals surface area contributed by atoms with Crippen LogP contribution in [0.3, 0.4) is 0 Å². The molecule has 0 rings (SSSR count). The first-order valence-corrected chi connectivity index (χ1v) is 3.70. The summed E-state index contributed by atoms with van der Waals surface area (Å²) < 4.78 is 0. The van der Waals surface area contributed by atoms with E-state index in [-0.39, 0.29) is 0 Å². The van der Waals surface area contributed by atoms with E-state index in [0.29, 0.717) is 6.61 Å². The van der Waals surface area contributed by atoms with Gasteiger partial charge in [-0.15, -0.1) is 0 Å². The van der Waals surface area contributed by atoms with Crippen LogP contribution in [0.25, 0.3) is 0 Å². The molecule has 2 heteroatoms. The number of aliphatic hydroxyl groups excluding tert-OH is 1. The largest absolute Gasteiger partial charge is 0.396 e. The van der Waals surface area contributed by atoms with Crippen molar-refractivity contribution in [1.82, 2.24) is 0 Å². The Morgan fingerprint density at radius 2 is 2.11 bits per heavy atom. The average molecular weight is 132 g/mol. The van der Waals surface area contributed by atoms with Crippen LogP contribution in [0.2, 0.25) is 0 Å². The van der Waals surface area contributed by atoms with E-state index in [1.807, 2.05) is 0 Å². The molecular weight excluding hydrogens is 114 g/mol. The first kappa shape index (κ1) is 8.92. The molecule has 9 heavy (non-hydrogen) atoms. The summed E-state index contributed by atoms with van der Waals surface area (Å²) >= 11 is 0. The maximum atomic E-state index is 8.41. The zero-order valence-corrected chi connectivity index (χ0v) is 6.43. The highest BCUT2D eigenvalue weighted by Gasteiger charge is 1.93. The van der Waals surface area contributed by atoms with E-state index in [1.54, 1.807) is 0 Å². The fourth-order valence-electron chi connectivity index (χ4n) is 0.687. The Kier molecular flexibility index (Phi) is 5.99. The molecule has 0 atom stereocenters. The van der Waals surface area contributed by atoms with Crippen molar-refractivity contribution in [3.63, 3.8) is 0 Å². The number of quaternary nitrogens is 1. The van der Waals surface area contributed by atoms with Gasteiger partial charge in [0.05, 0.1) is 13.1 Å². The van der Waals surface area contributed by atoms with Crippen LogP contribution in [-0.2, 0) is 0 Å². The van der Waals surface area contributed by atoms with Crippen molar-refractivity contribution in [2.24, 2.45) is 5.92 Å². The predicted molar refractivity (Wildman–Crippen MR) is 38.2 cm³/mol. The second kappa shape index (κ2) is 6.05. The van der Waals surface area contributed by atoms with Gasteiger partial charge in [0.15, 0.2) is 0 Å². The number of rotatable bonds is 5. The average Bonchev–Trinajstić information content (AvgIpc) is 1.80. The Labute approximate surface area is 57.3 Å². The Morgan fingerprint density at radius 3 is 2.56 bits per heavy atom. The lowest BCUT2D eigenvalue weighted by atomic mass is 10.2. The standard InChI is InChI=1S/C7H17NO/c1-7(2)6-8-4-3-5-9/h7-9H,3-6H2,1-2H3/p+1. The van der Waals surface area contributed by atoms with Gasteiger partial charge in [-0.05, 0) is 0 Å². The summed E-state index contributed by atoms with van der Waals surface area (Å²) in [6, 6.07) is 0. The van der Waals surface area contributed by atoms with E-state index >= 15 is 0 Å². The first-order chi connectivity index (χ1) is 4.27. The lowest BCUT2D eigenvalue weighted by Gasteiger charge is -2.01. The lowest BCUT2D eigenvalue weighted by molar-refractivity contribution is -0.659. The summed E-state index contributed by atoms with van der Waals surface area (Å²) in [7, 11) is 0. The number of nitrogens with two attached hydrogens (primary N) is 1. The summed E-state index contributed by atoms with van der Waals surface area (Å²) in [5, 5.41) is 10.7. The van der Waals surface area contributed by atoms with Crippen molar-refractivity contribution < 1.29 is 10.4 Å². The second-order valence-electron chi connectivity index (χ2n) is 2.78. The van der Waals surface area contributed by atoms with E-state index in [9.17, 15) is 0 Å². The van der Waals surface area contributed by atoms with E-state index < -0.39 is 0 Å². The van der Waals surface area contributed by atoms with Crippen LogP contribution in [0.4, 0.5) is 0 Å². The molecule has 0 aromatic carbocycles. The Hall–Kier alpha value is -0.0800. The number of hydrogen-bond acceptors (Lipinski definition) is 1. The van der Waals surface area contributed by atoms with E-state index in [2.05, 4.69) is 19.2 Å². The Morgan fingerprint density at radius 1 is 1.44 bits per heavy atom. The van der Waals surface area contributed by atoms with Crippen molar-refractivity contribution >= 4 is 0 Å². The molecule has 0 bridgehead atoms. The molecular formula is C7H18NO+. The van der Waals surface area contributed by atoms with Crippen molar-refractivity contribution in [3.8, 4) is 0 Å². The molecule has 0 aliphatic heterocycles. The fraction of sp³-hybridized carbons (Fsp3) is 1.00. The topological polar surface area (TPSA) is 36.8 Å². The molecule has 0 radical (unpaired) electrons. The second-order valence-corrected chi connectivity index (χ2v) is 2.78. The van der Waals surface area contributed by atoms with Crippen LogP contribution < -0.4 is 5.32 Å². The third-order valence-corrected chi connectivity index (χ3v) is 1.20. The molecule has 0 aliphatic rings. The summed E-state index contributed by atoms with van der Waals surface area (Å²) in [6.45, 7) is 6.98. The molecule has 0 fully saturated rings. The molecule has 0 aromatic rings. The molecule has 0 saturated carbocycles. The van der Waals surface area contributed by atoms with Crippen LogP contribution in [0.1, 0.15) is 20.3 Å². The smallest absolute Gasteiger partial charge is 0.0778 e. The Balaban J connectivity index is 2.75. The molecule has 0 amide bonds. The lowest BCUT2D eigenvalue weighted by Crippen LogP contribution is -2.85. The molecule has 3 N–H and O–H groups in total. The van der Waals surface area contributed by atoms with Gasteiger partial charge >= 0.3 is 0 Å². The first-order valence-electron chi connectivity index (χ1n) is 3.70.